The number of hydrogen-bond donors (Lipinski definition) is 1. The molecule has 0 saturated carbocycles. The lowest BCUT2D eigenvalue weighted by Crippen LogP contribution is -2.27. The number of rotatable bonds is 6. The van der Waals surface area contributed by atoms with Crippen LogP contribution in [0.3, 0.4) is 0 Å². The molecular formula is C17H16ClFN2OS. The Kier molecular flexibility index (Phi) is 6.62. The predicted molar refractivity (Wildman–Crippen MR) is 94.3 cm³/mol. The van der Waals surface area contributed by atoms with Gasteiger partial charge in [-0.05, 0) is 24.6 Å². The molecule has 1 unspecified atom stereocenters. The Balaban J connectivity index is 1.85. The summed E-state index contributed by atoms with van der Waals surface area (Å²) in [6, 6.07) is 14.3. The third-order valence-electron chi connectivity index (χ3n) is 3.08. The molecule has 0 aromatic heterocycles. The molecule has 120 valence electrons. The van der Waals surface area contributed by atoms with E-state index in [2.05, 4.69) is 10.5 Å². The molecule has 0 bridgehead atoms. The van der Waals surface area contributed by atoms with Crippen molar-refractivity contribution in [3.05, 3.63) is 70.5 Å². The number of carbonyl (C=O) groups excluding carboxylic acids is 1. The van der Waals surface area contributed by atoms with Crippen molar-refractivity contribution in [1.82, 2.24) is 5.43 Å². The van der Waals surface area contributed by atoms with E-state index in [1.807, 2.05) is 30.3 Å². The van der Waals surface area contributed by atoms with Crippen molar-refractivity contribution in [3.8, 4) is 0 Å². The largest absolute Gasteiger partial charge is 0.272 e. The van der Waals surface area contributed by atoms with E-state index in [4.69, 9.17) is 11.6 Å². The second-order valence-electron chi connectivity index (χ2n) is 4.81. The third kappa shape index (κ3) is 5.37. The lowest BCUT2D eigenvalue weighted by atomic mass is 10.2. The minimum atomic E-state index is -0.484. The maximum absolute atomic E-state index is 13.5. The highest BCUT2D eigenvalue weighted by atomic mass is 35.5. The van der Waals surface area contributed by atoms with Gasteiger partial charge in [0.05, 0.1) is 16.5 Å². The Morgan fingerprint density at radius 2 is 2.04 bits per heavy atom. The van der Waals surface area contributed by atoms with Crippen LogP contribution in [-0.2, 0) is 10.5 Å². The molecule has 3 nitrogen and oxygen atoms in total. The third-order valence-corrected chi connectivity index (χ3v) is 4.62. The Morgan fingerprint density at radius 1 is 1.30 bits per heavy atom. The lowest BCUT2D eigenvalue weighted by Gasteiger charge is -2.09. The van der Waals surface area contributed by atoms with Crippen LogP contribution in [0.1, 0.15) is 18.1 Å². The normalized spacial score (nSPS) is 12.3. The van der Waals surface area contributed by atoms with Crippen molar-refractivity contribution in [2.45, 2.75) is 17.9 Å². The van der Waals surface area contributed by atoms with Crippen LogP contribution in [0.4, 0.5) is 4.39 Å². The first-order valence-corrected chi connectivity index (χ1v) is 8.43. The van der Waals surface area contributed by atoms with Crippen LogP contribution in [0.25, 0.3) is 0 Å². The van der Waals surface area contributed by atoms with Gasteiger partial charge in [-0.3, -0.25) is 4.79 Å². The van der Waals surface area contributed by atoms with Gasteiger partial charge in [0.2, 0.25) is 0 Å². The summed E-state index contributed by atoms with van der Waals surface area (Å²) in [4.78, 5) is 12.0. The number of benzene rings is 2. The summed E-state index contributed by atoms with van der Waals surface area (Å²) in [5.41, 5.74) is 3.71. The molecule has 23 heavy (non-hydrogen) atoms. The number of hydrogen-bond acceptors (Lipinski definition) is 3. The van der Waals surface area contributed by atoms with Crippen molar-refractivity contribution in [2.24, 2.45) is 5.10 Å². The number of nitrogens with one attached hydrogen (secondary N) is 1. The lowest BCUT2D eigenvalue weighted by molar-refractivity contribution is -0.120. The Hall–Kier alpha value is -1.85. The van der Waals surface area contributed by atoms with E-state index < -0.39 is 5.82 Å². The molecule has 2 aromatic carbocycles. The van der Waals surface area contributed by atoms with Gasteiger partial charge in [-0.15, -0.1) is 11.8 Å². The fraction of sp³-hybridized carbons (Fsp3) is 0.176. The van der Waals surface area contributed by atoms with Crippen molar-refractivity contribution < 1.29 is 9.18 Å². The maximum Gasteiger partial charge on any atom is 0.252 e. The first-order chi connectivity index (χ1) is 11.1. The fourth-order valence-corrected chi connectivity index (χ4v) is 2.81. The zero-order chi connectivity index (χ0) is 16.7. The van der Waals surface area contributed by atoms with E-state index in [9.17, 15) is 9.18 Å². The van der Waals surface area contributed by atoms with Crippen LogP contribution in [0.15, 0.2) is 53.6 Å². The summed E-state index contributed by atoms with van der Waals surface area (Å²) in [6.07, 6.45) is 1.21. The van der Waals surface area contributed by atoms with E-state index in [1.165, 1.54) is 30.1 Å². The monoisotopic (exact) mass is 350 g/mol. The molecule has 0 aliphatic carbocycles. The van der Waals surface area contributed by atoms with Crippen molar-refractivity contribution >= 4 is 35.5 Å². The van der Waals surface area contributed by atoms with Gasteiger partial charge in [0.25, 0.3) is 5.91 Å². The molecule has 6 heteroatoms. The van der Waals surface area contributed by atoms with Gasteiger partial charge in [-0.25, -0.2) is 9.82 Å². The van der Waals surface area contributed by atoms with Gasteiger partial charge < -0.3 is 0 Å². The average molecular weight is 351 g/mol. The summed E-state index contributed by atoms with van der Waals surface area (Å²) in [6.45, 7) is 1.80. The summed E-state index contributed by atoms with van der Waals surface area (Å²) in [7, 11) is 0. The maximum atomic E-state index is 13.5. The molecular weight excluding hydrogens is 335 g/mol. The number of halogens is 2. The van der Waals surface area contributed by atoms with Gasteiger partial charge in [-0.2, -0.15) is 5.10 Å². The fourth-order valence-electron chi connectivity index (χ4n) is 1.76. The van der Waals surface area contributed by atoms with E-state index >= 15 is 0 Å². The zero-order valence-corrected chi connectivity index (χ0v) is 14.1. The molecule has 0 spiro atoms. The van der Waals surface area contributed by atoms with Crippen molar-refractivity contribution in [1.29, 1.82) is 0 Å². The minimum absolute atomic E-state index is 0.152. The van der Waals surface area contributed by atoms with Crippen molar-refractivity contribution in [3.63, 3.8) is 0 Å². The highest BCUT2D eigenvalue weighted by Gasteiger charge is 2.12. The molecule has 0 saturated heterocycles. The van der Waals surface area contributed by atoms with Gasteiger partial charge in [0.1, 0.15) is 5.82 Å². The van der Waals surface area contributed by atoms with E-state index in [-0.39, 0.29) is 21.7 Å². The minimum Gasteiger partial charge on any atom is -0.272 e. The number of hydrazone groups is 1. The van der Waals surface area contributed by atoms with Crippen LogP contribution in [-0.4, -0.2) is 17.4 Å². The van der Waals surface area contributed by atoms with E-state index in [1.54, 1.807) is 13.0 Å². The topological polar surface area (TPSA) is 41.5 Å². The van der Waals surface area contributed by atoms with Crippen LogP contribution in [0, 0.1) is 5.82 Å². The molecule has 1 amide bonds. The molecule has 0 radical (unpaired) electrons. The van der Waals surface area contributed by atoms with Gasteiger partial charge in [0, 0.05) is 11.3 Å². The second kappa shape index (κ2) is 8.70. The molecule has 0 aliphatic rings. The second-order valence-corrected chi connectivity index (χ2v) is 6.54. The number of amides is 1. The van der Waals surface area contributed by atoms with Crippen LogP contribution < -0.4 is 5.43 Å². The first-order valence-electron chi connectivity index (χ1n) is 7.00. The average Bonchev–Trinajstić information content (AvgIpc) is 2.56. The molecule has 1 N–H and O–H groups in total. The summed E-state index contributed by atoms with van der Waals surface area (Å²) >= 11 is 7.38. The van der Waals surface area contributed by atoms with Crippen LogP contribution in [0.5, 0.6) is 0 Å². The van der Waals surface area contributed by atoms with Crippen molar-refractivity contribution in [2.75, 3.05) is 0 Å². The highest BCUT2D eigenvalue weighted by Crippen LogP contribution is 2.18. The van der Waals surface area contributed by atoms with Gasteiger partial charge in [-0.1, -0.05) is 48.0 Å². The SMILES string of the molecule is CC(SCc1ccccc1)C(=O)N/N=C/c1c(F)cccc1Cl. The molecule has 0 aliphatic heterocycles. The van der Waals surface area contributed by atoms with E-state index in [0.29, 0.717) is 0 Å². The summed E-state index contributed by atoms with van der Waals surface area (Å²) in [5, 5.41) is 3.75. The molecule has 0 heterocycles. The zero-order valence-electron chi connectivity index (χ0n) is 12.5. The predicted octanol–water partition coefficient (Wildman–Crippen LogP) is 4.25. The number of thioether (sulfide) groups is 1. The van der Waals surface area contributed by atoms with Gasteiger partial charge in [0.15, 0.2) is 0 Å². The van der Waals surface area contributed by atoms with Gasteiger partial charge >= 0.3 is 0 Å². The quantitative estimate of drug-likeness (QED) is 0.625. The first kappa shape index (κ1) is 17.5. The number of nitrogens with zero attached hydrogens (tertiary/aromatic N) is 1. The Bertz CT molecular complexity index is 674. The molecule has 0 fully saturated rings. The van der Waals surface area contributed by atoms with Crippen LogP contribution in [0.2, 0.25) is 5.02 Å². The Labute approximate surface area is 143 Å². The highest BCUT2D eigenvalue weighted by molar-refractivity contribution is 7.99. The summed E-state index contributed by atoms with van der Waals surface area (Å²) in [5.74, 6) is 0.00908. The molecule has 2 aromatic rings. The Morgan fingerprint density at radius 3 is 2.74 bits per heavy atom. The molecule has 2 rings (SSSR count). The number of carbonyl (C=O) groups is 1. The summed E-state index contributed by atoms with van der Waals surface area (Å²) < 4.78 is 13.5. The molecule has 1 atom stereocenters. The van der Waals surface area contributed by atoms with E-state index in [0.717, 1.165) is 11.3 Å². The standard InChI is InChI=1S/C17H16ClFN2OS/c1-12(23-11-13-6-3-2-4-7-13)17(22)21-20-10-14-15(18)8-5-9-16(14)19/h2-10,12H,11H2,1H3,(H,21,22)/b20-10+. The van der Waals surface area contributed by atoms with Crippen LogP contribution >= 0.6 is 23.4 Å². The smallest absolute Gasteiger partial charge is 0.252 e.